The fraction of sp³-hybridized carbons (Fsp3) is 0.0588. The van der Waals surface area contributed by atoms with Crippen molar-refractivity contribution in [1.29, 1.82) is 0 Å². The first-order valence-corrected chi connectivity index (χ1v) is 8.96. The van der Waals surface area contributed by atoms with Crippen molar-refractivity contribution in [1.82, 2.24) is 0 Å². The average molecular weight is 291 g/mol. The fourth-order valence-corrected chi connectivity index (χ4v) is 4.28. The molecule has 0 bridgehead atoms. The summed E-state index contributed by atoms with van der Waals surface area (Å²) in [7, 11) is 0. The first-order chi connectivity index (χ1) is 8.88. The van der Waals surface area contributed by atoms with Crippen LogP contribution in [0.1, 0.15) is 0 Å². The summed E-state index contributed by atoms with van der Waals surface area (Å²) in [6.07, 6.45) is 0. The van der Waals surface area contributed by atoms with Gasteiger partial charge in [0, 0.05) is 0 Å². The molecule has 0 aliphatic carbocycles. The molecule has 1 radical (unpaired) electrons. The SMILES string of the molecule is C[As]c1ccc2ccc3cccc4ccc1c2c34. The Morgan fingerprint density at radius 1 is 0.667 bits per heavy atom. The fourth-order valence-electron chi connectivity index (χ4n) is 2.91. The van der Waals surface area contributed by atoms with E-state index in [4.69, 9.17) is 0 Å². The van der Waals surface area contributed by atoms with E-state index in [1.165, 1.54) is 36.7 Å². The molecule has 0 amide bonds. The van der Waals surface area contributed by atoms with Gasteiger partial charge in [-0.2, -0.15) is 0 Å². The van der Waals surface area contributed by atoms with Crippen molar-refractivity contribution in [2.24, 2.45) is 0 Å². The van der Waals surface area contributed by atoms with Crippen LogP contribution in [-0.2, 0) is 0 Å². The summed E-state index contributed by atoms with van der Waals surface area (Å²) in [6, 6.07) is 20.2. The van der Waals surface area contributed by atoms with Crippen molar-refractivity contribution < 1.29 is 0 Å². The van der Waals surface area contributed by atoms with E-state index in [1.807, 2.05) is 0 Å². The number of hydrogen-bond acceptors (Lipinski definition) is 0. The van der Waals surface area contributed by atoms with Gasteiger partial charge in [0.25, 0.3) is 0 Å². The van der Waals surface area contributed by atoms with E-state index >= 15 is 0 Å². The molecule has 18 heavy (non-hydrogen) atoms. The van der Waals surface area contributed by atoms with Crippen LogP contribution in [0.2, 0.25) is 5.71 Å². The Balaban J connectivity index is 2.40. The molecule has 85 valence electrons. The quantitative estimate of drug-likeness (QED) is 0.368. The summed E-state index contributed by atoms with van der Waals surface area (Å²) in [6.45, 7) is 0. The van der Waals surface area contributed by atoms with E-state index in [0.717, 1.165) is 0 Å². The second-order valence-corrected chi connectivity index (χ2v) is 6.61. The van der Waals surface area contributed by atoms with E-state index in [1.54, 1.807) is 0 Å². The van der Waals surface area contributed by atoms with Crippen LogP contribution in [0, 0.1) is 0 Å². The van der Waals surface area contributed by atoms with Gasteiger partial charge in [-0.05, 0) is 0 Å². The maximum atomic E-state index is 2.32. The minimum atomic E-state index is 0.270. The monoisotopic (exact) mass is 291 g/mol. The van der Waals surface area contributed by atoms with Crippen LogP contribution < -0.4 is 4.35 Å². The minimum absolute atomic E-state index is 0.270. The number of rotatable bonds is 1. The molecule has 0 nitrogen and oxygen atoms in total. The second kappa shape index (κ2) is 3.73. The van der Waals surface area contributed by atoms with Gasteiger partial charge in [0.2, 0.25) is 0 Å². The molecule has 0 aliphatic rings. The number of benzene rings is 4. The molecular weight excluding hydrogens is 279 g/mol. The van der Waals surface area contributed by atoms with Crippen molar-refractivity contribution in [3.05, 3.63) is 54.6 Å². The molecule has 0 saturated heterocycles. The second-order valence-electron chi connectivity index (χ2n) is 4.66. The molecule has 0 heterocycles. The molecule has 4 rings (SSSR count). The zero-order valence-electron chi connectivity index (χ0n) is 10.1. The van der Waals surface area contributed by atoms with E-state index < -0.39 is 0 Å². The average Bonchev–Trinajstić information content (AvgIpc) is 2.44. The predicted molar refractivity (Wildman–Crippen MR) is 81.4 cm³/mol. The van der Waals surface area contributed by atoms with Gasteiger partial charge >= 0.3 is 113 Å². The van der Waals surface area contributed by atoms with E-state index in [-0.39, 0.29) is 15.8 Å². The Hall–Kier alpha value is -1.52. The molecule has 0 N–H and O–H groups in total. The maximum absolute atomic E-state index is 2.32. The Morgan fingerprint density at radius 3 is 2.00 bits per heavy atom. The summed E-state index contributed by atoms with van der Waals surface area (Å²) < 4.78 is 1.54. The summed E-state index contributed by atoms with van der Waals surface area (Å²) >= 11 is 0.270. The zero-order chi connectivity index (χ0) is 12.1. The van der Waals surface area contributed by atoms with Crippen LogP contribution in [0.15, 0.2) is 54.6 Å². The van der Waals surface area contributed by atoms with Crippen molar-refractivity contribution in [2.75, 3.05) is 0 Å². The van der Waals surface area contributed by atoms with Crippen LogP contribution in [0.3, 0.4) is 0 Å². The Morgan fingerprint density at radius 2 is 1.28 bits per heavy atom. The molecule has 0 unspecified atom stereocenters. The van der Waals surface area contributed by atoms with Crippen LogP contribution >= 0.6 is 0 Å². The third-order valence-corrected chi connectivity index (χ3v) is 5.58. The summed E-state index contributed by atoms with van der Waals surface area (Å²) in [4.78, 5) is 0. The van der Waals surface area contributed by atoms with Gasteiger partial charge < -0.3 is 0 Å². The van der Waals surface area contributed by atoms with Crippen molar-refractivity contribution >= 4 is 52.4 Å². The van der Waals surface area contributed by atoms with Gasteiger partial charge in [0.15, 0.2) is 0 Å². The van der Waals surface area contributed by atoms with Crippen molar-refractivity contribution in [2.45, 2.75) is 5.71 Å². The van der Waals surface area contributed by atoms with Crippen LogP contribution in [-0.4, -0.2) is 15.8 Å². The molecule has 0 aliphatic heterocycles. The molecule has 0 atom stereocenters. The van der Waals surface area contributed by atoms with Gasteiger partial charge in [-0.15, -0.1) is 0 Å². The Labute approximate surface area is 113 Å². The van der Waals surface area contributed by atoms with Crippen LogP contribution in [0.25, 0.3) is 32.3 Å². The summed E-state index contributed by atoms with van der Waals surface area (Å²) in [5.41, 5.74) is 2.32. The van der Waals surface area contributed by atoms with Gasteiger partial charge in [-0.3, -0.25) is 0 Å². The predicted octanol–water partition coefficient (Wildman–Crippen LogP) is 3.96. The molecule has 4 aromatic rings. The topological polar surface area (TPSA) is 0 Å². The van der Waals surface area contributed by atoms with Gasteiger partial charge in [-0.1, -0.05) is 0 Å². The van der Waals surface area contributed by atoms with Gasteiger partial charge in [0.05, 0.1) is 0 Å². The molecule has 4 aromatic carbocycles. The standard InChI is InChI=1S/C17H12As/c1-18-15-10-8-13-6-5-11-3-2-4-12-7-9-14(15)17(13)16(11)12/h2-10H,1H3. The van der Waals surface area contributed by atoms with Gasteiger partial charge in [-0.25, -0.2) is 0 Å². The summed E-state index contributed by atoms with van der Waals surface area (Å²) in [5, 5.41) is 8.43. The molecule has 0 aromatic heterocycles. The molecule has 0 fully saturated rings. The number of hydrogen-bond donors (Lipinski definition) is 0. The van der Waals surface area contributed by atoms with Crippen molar-refractivity contribution in [3.8, 4) is 0 Å². The Bertz CT molecular complexity index is 845. The Kier molecular flexibility index (Phi) is 2.16. The van der Waals surface area contributed by atoms with E-state index in [9.17, 15) is 0 Å². The molecule has 0 spiro atoms. The van der Waals surface area contributed by atoms with Crippen molar-refractivity contribution in [3.63, 3.8) is 0 Å². The zero-order valence-corrected chi connectivity index (χ0v) is 12.0. The molecule has 0 saturated carbocycles. The summed E-state index contributed by atoms with van der Waals surface area (Å²) in [5.74, 6) is 0. The molecular formula is C17H12As. The van der Waals surface area contributed by atoms with E-state index in [0.29, 0.717) is 0 Å². The van der Waals surface area contributed by atoms with E-state index in [2.05, 4.69) is 60.3 Å². The third kappa shape index (κ3) is 1.27. The third-order valence-electron chi connectivity index (χ3n) is 3.75. The van der Waals surface area contributed by atoms with Crippen LogP contribution in [0.4, 0.5) is 0 Å². The van der Waals surface area contributed by atoms with Gasteiger partial charge in [0.1, 0.15) is 0 Å². The normalized spacial score (nSPS) is 12.5. The molecule has 1 heteroatoms. The first-order valence-electron chi connectivity index (χ1n) is 6.15. The first kappa shape index (κ1) is 10.4. The van der Waals surface area contributed by atoms with Crippen LogP contribution in [0.5, 0.6) is 0 Å².